The maximum Gasteiger partial charge on any atom is 0.254 e. The normalized spacial score (nSPS) is 11.0. The lowest BCUT2D eigenvalue weighted by molar-refractivity contribution is 0.0782. The van der Waals surface area contributed by atoms with E-state index in [1.165, 1.54) is 0 Å². The molecule has 4 rings (SSSR count). The second kappa shape index (κ2) is 6.68. The summed E-state index contributed by atoms with van der Waals surface area (Å²) in [7, 11) is 1.77. The van der Waals surface area contributed by atoms with Gasteiger partial charge in [-0.1, -0.05) is 12.1 Å². The average molecular weight is 363 g/mol. The summed E-state index contributed by atoms with van der Waals surface area (Å²) in [4.78, 5) is 30.5. The summed E-state index contributed by atoms with van der Waals surface area (Å²) < 4.78 is 1.06. The maximum absolute atomic E-state index is 12.6. The number of nitrogens with zero attached hydrogens (tertiary/aromatic N) is 4. The molecule has 0 radical (unpaired) electrons. The van der Waals surface area contributed by atoms with Gasteiger partial charge in [-0.15, -0.1) is 11.3 Å². The van der Waals surface area contributed by atoms with Crippen LogP contribution in [0.3, 0.4) is 0 Å². The zero-order chi connectivity index (χ0) is 18.1. The van der Waals surface area contributed by atoms with E-state index in [1.54, 1.807) is 35.7 Å². The molecular formula is C19H17N5OS. The Morgan fingerprint density at radius 1 is 1.19 bits per heavy atom. The molecule has 1 aromatic carbocycles. The van der Waals surface area contributed by atoms with Crippen LogP contribution >= 0.6 is 11.3 Å². The number of imidazole rings is 1. The van der Waals surface area contributed by atoms with Crippen molar-refractivity contribution in [3.05, 3.63) is 65.3 Å². The number of benzene rings is 1. The van der Waals surface area contributed by atoms with Crippen molar-refractivity contribution in [3.8, 4) is 11.3 Å². The molecule has 0 aliphatic heterocycles. The molecule has 0 saturated heterocycles. The predicted octanol–water partition coefficient (Wildman–Crippen LogP) is 3.66. The van der Waals surface area contributed by atoms with Gasteiger partial charge in [-0.2, -0.15) is 0 Å². The van der Waals surface area contributed by atoms with Crippen LogP contribution in [0.5, 0.6) is 0 Å². The number of aromatic nitrogens is 4. The highest BCUT2D eigenvalue weighted by atomic mass is 32.1. The van der Waals surface area contributed by atoms with Crippen molar-refractivity contribution in [1.29, 1.82) is 0 Å². The number of nitrogens with one attached hydrogen (secondary N) is 1. The van der Waals surface area contributed by atoms with E-state index < -0.39 is 0 Å². The van der Waals surface area contributed by atoms with E-state index in [4.69, 9.17) is 0 Å². The van der Waals surface area contributed by atoms with Gasteiger partial charge >= 0.3 is 0 Å². The summed E-state index contributed by atoms with van der Waals surface area (Å²) in [5.41, 5.74) is 3.48. The highest BCUT2D eigenvalue weighted by Gasteiger charge is 2.14. The fourth-order valence-corrected chi connectivity index (χ4v) is 3.69. The first kappa shape index (κ1) is 16.4. The van der Waals surface area contributed by atoms with Gasteiger partial charge in [-0.25, -0.2) is 15.0 Å². The predicted molar refractivity (Wildman–Crippen MR) is 102 cm³/mol. The molecule has 6 nitrogen and oxygen atoms in total. The van der Waals surface area contributed by atoms with E-state index in [2.05, 4.69) is 19.9 Å². The fourth-order valence-electron chi connectivity index (χ4n) is 2.85. The molecule has 26 heavy (non-hydrogen) atoms. The first-order valence-electron chi connectivity index (χ1n) is 8.18. The molecule has 3 heterocycles. The van der Waals surface area contributed by atoms with E-state index in [0.29, 0.717) is 12.1 Å². The summed E-state index contributed by atoms with van der Waals surface area (Å²) in [5, 5.41) is 2.02. The fraction of sp³-hybridized carbons (Fsp3) is 0.158. The molecule has 0 saturated carbocycles. The van der Waals surface area contributed by atoms with E-state index in [-0.39, 0.29) is 5.91 Å². The van der Waals surface area contributed by atoms with Gasteiger partial charge in [0.2, 0.25) is 0 Å². The molecule has 0 fully saturated rings. The Morgan fingerprint density at radius 2 is 2.00 bits per heavy atom. The van der Waals surface area contributed by atoms with Crippen molar-refractivity contribution in [2.24, 2.45) is 0 Å². The number of hydrogen-bond donors (Lipinski definition) is 1. The SMILES string of the molecule is Cc1nc(-c2ccc(C(=O)N(C)Cc3ncc[nH]3)cc2)c2sccc2n1. The lowest BCUT2D eigenvalue weighted by Crippen LogP contribution is -2.26. The molecule has 3 aromatic heterocycles. The summed E-state index contributed by atoms with van der Waals surface area (Å²) in [6.45, 7) is 2.33. The van der Waals surface area contributed by atoms with Gasteiger partial charge in [0.15, 0.2) is 0 Å². The lowest BCUT2D eigenvalue weighted by atomic mass is 10.1. The third-order valence-corrected chi connectivity index (χ3v) is 5.02. The first-order chi connectivity index (χ1) is 12.6. The molecule has 0 aliphatic rings. The number of carbonyl (C=O) groups excluding carboxylic acids is 1. The molecule has 0 unspecified atom stereocenters. The Bertz CT molecular complexity index is 1050. The number of thiophene rings is 1. The van der Waals surface area contributed by atoms with Crippen molar-refractivity contribution >= 4 is 27.5 Å². The summed E-state index contributed by atoms with van der Waals surface area (Å²) >= 11 is 1.62. The number of aromatic amines is 1. The molecule has 7 heteroatoms. The molecule has 0 aliphatic carbocycles. The molecule has 130 valence electrons. The van der Waals surface area contributed by atoms with E-state index in [0.717, 1.165) is 33.1 Å². The molecule has 1 amide bonds. The smallest absolute Gasteiger partial charge is 0.254 e. The number of aryl methyl sites for hydroxylation is 1. The number of carbonyl (C=O) groups is 1. The van der Waals surface area contributed by atoms with Crippen LogP contribution in [0, 0.1) is 6.92 Å². The van der Waals surface area contributed by atoms with Crippen LogP contribution in [-0.2, 0) is 6.54 Å². The highest BCUT2D eigenvalue weighted by Crippen LogP contribution is 2.30. The quantitative estimate of drug-likeness (QED) is 0.600. The number of rotatable bonds is 4. The van der Waals surface area contributed by atoms with Crippen LogP contribution in [0.4, 0.5) is 0 Å². The molecule has 4 aromatic rings. The first-order valence-corrected chi connectivity index (χ1v) is 9.06. The van der Waals surface area contributed by atoms with Gasteiger partial charge in [0.1, 0.15) is 11.6 Å². The average Bonchev–Trinajstić information content (AvgIpc) is 3.32. The third-order valence-electron chi connectivity index (χ3n) is 4.11. The minimum Gasteiger partial charge on any atom is -0.347 e. The zero-order valence-electron chi connectivity index (χ0n) is 14.4. The Morgan fingerprint density at radius 3 is 2.73 bits per heavy atom. The third kappa shape index (κ3) is 3.09. The Balaban J connectivity index is 1.60. The largest absolute Gasteiger partial charge is 0.347 e. The van der Waals surface area contributed by atoms with Gasteiger partial charge in [-0.3, -0.25) is 4.79 Å². The Hall–Kier alpha value is -3.06. The van der Waals surface area contributed by atoms with Crippen LogP contribution in [0.2, 0.25) is 0 Å². The number of hydrogen-bond acceptors (Lipinski definition) is 5. The molecule has 1 N–H and O–H groups in total. The van der Waals surface area contributed by atoms with Gasteiger partial charge in [-0.05, 0) is 30.5 Å². The van der Waals surface area contributed by atoms with Gasteiger partial charge in [0.05, 0.1) is 22.5 Å². The van der Waals surface area contributed by atoms with Crippen molar-refractivity contribution < 1.29 is 4.79 Å². The van der Waals surface area contributed by atoms with Gasteiger partial charge in [0.25, 0.3) is 5.91 Å². The summed E-state index contributed by atoms with van der Waals surface area (Å²) in [6.07, 6.45) is 3.43. The van der Waals surface area contributed by atoms with Crippen LogP contribution in [0.15, 0.2) is 48.1 Å². The molecule has 0 atom stereocenters. The zero-order valence-corrected chi connectivity index (χ0v) is 15.2. The summed E-state index contributed by atoms with van der Waals surface area (Å²) in [5.74, 6) is 1.45. The van der Waals surface area contributed by atoms with Crippen molar-refractivity contribution in [2.75, 3.05) is 7.05 Å². The Kier molecular flexibility index (Phi) is 4.22. The van der Waals surface area contributed by atoms with Crippen molar-refractivity contribution in [2.45, 2.75) is 13.5 Å². The number of amides is 1. The lowest BCUT2D eigenvalue weighted by Gasteiger charge is -2.16. The van der Waals surface area contributed by atoms with Crippen LogP contribution in [-0.4, -0.2) is 37.8 Å². The minimum atomic E-state index is -0.0481. The Labute approximate surface area is 154 Å². The van der Waals surface area contributed by atoms with Gasteiger partial charge < -0.3 is 9.88 Å². The van der Waals surface area contributed by atoms with Crippen LogP contribution in [0.1, 0.15) is 22.0 Å². The van der Waals surface area contributed by atoms with E-state index >= 15 is 0 Å². The molecular weight excluding hydrogens is 346 g/mol. The molecule has 0 spiro atoms. The van der Waals surface area contributed by atoms with E-state index in [9.17, 15) is 4.79 Å². The monoisotopic (exact) mass is 363 g/mol. The minimum absolute atomic E-state index is 0.0481. The van der Waals surface area contributed by atoms with Crippen molar-refractivity contribution in [1.82, 2.24) is 24.8 Å². The van der Waals surface area contributed by atoms with Crippen LogP contribution in [0.25, 0.3) is 21.5 Å². The maximum atomic E-state index is 12.6. The number of fused-ring (bicyclic) bond motifs is 1. The van der Waals surface area contributed by atoms with Crippen molar-refractivity contribution in [3.63, 3.8) is 0 Å². The highest BCUT2D eigenvalue weighted by molar-refractivity contribution is 7.17. The van der Waals surface area contributed by atoms with Crippen LogP contribution < -0.4 is 0 Å². The molecule has 0 bridgehead atoms. The second-order valence-corrected chi connectivity index (χ2v) is 6.94. The number of H-pyrrole nitrogens is 1. The standard InChI is InChI=1S/C19H17N5OS/c1-12-22-15-7-10-26-18(15)17(23-12)13-3-5-14(6-4-13)19(25)24(2)11-16-20-8-9-21-16/h3-10H,11H2,1-2H3,(H,20,21). The second-order valence-electron chi connectivity index (χ2n) is 6.03. The summed E-state index contributed by atoms with van der Waals surface area (Å²) in [6, 6.07) is 9.56. The topological polar surface area (TPSA) is 74.8 Å². The van der Waals surface area contributed by atoms with E-state index in [1.807, 2.05) is 42.6 Å². The van der Waals surface area contributed by atoms with Gasteiger partial charge in [0, 0.05) is 30.6 Å².